The minimum atomic E-state index is -3.49. The second-order valence-electron chi connectivity index (χ2n) is 6.24. The molecule has 0 aromatic heterocycles. The van der Waals surface area contributed by atoms with Gasteiger partial charge in [-0.15, -0.1) is 0 Å². The molecule has 0 bridgehead atoms. The molecule has 3 rings (SSSR count). The van der Waals surface area contributed by atoms with Crippen molar-refractivity contribution in [3.63, 3.8) is 0 Å². The lowest BCUT2D eigenvalue weighted by atomic mass is 9.87. The van der Waals surface area contributed by atoms with Crippen molar-refractivity contribution < 1.29 is 17.9 Å². The summed E-state index contributed by atoms with van der Waals surface area (Å²) in [6.07, 6.45) is 4.04. The molecule has 1 fully saturated rings. The fourth-order valence-corrected chi connectivity index (χ4v) is 4.58. The quantitative estimate of drug-likeness (QED) is 0.857. The van der Waals surface area contributed by atoms with Crippen LogP contribution in [0.5, 0.6) is 11.5 Å². The summed E-state index contributed by atoms with van der Waals surface area (Å²) in [5.74, 6) is 1.82. The molecular formula is C16H23NO4S. The zero-order chi connectivity index (χ0) is 15.7. The summed E-state index contributed by atoms with van der Waals surface area (Å²) in [6.45, 7) is 3.18. The van der Waals surface area contributed by atoms with Gasteiger partial charge in [-0.3, -0.25) is 0 Å². The molecule has 122 valence electrons. The third kappa shape index (κ3) is 2.94. The van der Waals surface area contributed by atoms with Gasteiger partial charge >= 0.3 is 0 Å². The summed E-state index contributed by atoms with van der Waals surface area (Å²) in [7, 11) is -1.80. The van der Waals surface area contributed by atoms with Gasteiger partial charge in [0.1, 0.15) is 13.2 Å². The molecule has 6 heteroatoms. The molecule has 0 unspecified atom stereocenters. The Morgan fingerprint density at radius 3 is 2.36 bits per heavy atom. The molecule has 5 nitrogen and oxygen atoms in total. The number of hydrogen-bond donors (Lipinski definition) is 0. The summed E-state index contributed by atoms with van der Waals surface area (Å²) in [6, 6.07) is 4.95. The zero-order valence-corrected chi connectivity index (χ0v) is 13.9. The van der Waals surface area contributed by atoms with Crippen LogP contribution < -0.4 is 9.47 Å². The van der Waals surface area contributed by atoms with Crippen molar-refractivity contribution in [3.8, 4) is 11.5 Å². The number of nitrogens with zero attached hydrogens (tertiary/aromatic N) is 1. The number of sulfonamides is 1. The van der Waals surface area contributed by atoms with E-state index in [0.29, 0.717) is 30.6 Å². The normalized spacial score (nSPS) is 25.2. The Morgan fingerprint density at radius 1 is 1.05 bits per heavy atom. The average Bonchev–Trinajstić information content (AvgIpc) is 2.54. The first-order valence-electron chi connectivity index (χ1n) is 7.86. The lowest BCUT2D eigenvalue weighted by Gasteiger charge is -2.33. The van der Waals surface area contributed by atoms with E-state index >= 15 is 0 Å². The van der Waals surface area contributed by atoms with Crippen LogP contribution in [0.25, 0.3) is 0 Å². The van der Waals surface area contributed by atoms with Crippen molar-refractivity contribution in [1.82, 2.24) is 4.31 Å². The van der Waals surface area contributed by atoms with E-state index in [2.05, 4.69) is 6.92 Å². The minimum Gasteiger partial charge on any atom is -0.486 e. The summed E-state index contributed by atoms with van der Waals surface area (Å²) in [5, 5.41) is 0. The summed E-state index contributed by atoms with van der Waals surface area (Å²) >= 11 is 0. The maximum Gasteiger partial charge on any atom is 0.243 e. The van der Waals surface area contributed by atoms with Crippen molar-refractivity contribution in [1.29, 1.82) is 0 Å². The van der Waals surface area contributed by atoms with Crippen LogP contribution in [-0.2, 0) is 10.0 Å². The number of ether oxygens (including phenoxy) is 2. The van der Waals surface area contributed by atoms with Gasteiger partial charge in [0.2, 0.25) is 10.0 Å². The molecule has 1 aliphatic heterocycles. The van der Waals surface area contributed by atoms with Crippen molar-refractivity contribution in [2.45, 2.75) is 43.5 Å². The number of hydrogen-bond acceptors (Lipinski definition) is 4. The molecule has 1 aromatic rings. The highest BCUT2D eigenvalue weighted by Gasteiger charge is 2.31. The van der Waals surface area contributed by atoms with E-state index in [9.17, 15) is 8.42 Å². The maximum atomic E-state index is 12.8. The van der Waals surface area contributed by atoms with Crippen LogP contribution >= 0.6 is 0 Å². The molecule has 1 saturated carbocycles. The topological polar surface area (TPSA) is 55.8 Å². The van der Waals surface area contributed by atoms with Gasteiger partial charge in [0.25, 0.3) is 0 Å². The minimum absolute atomic E-state index is 0.0920. The van der Waals surface area contributed by atoms with Gasteiger partial charge in [-0.05, 0) is 43.7 Å². The van der Waals surface area contributed by atoms with Crippen molar-refractivity contribution in [2.75, 3.05) is 20.3 Å². The average molecular weight is 325 g/mol. The molecule has 2 aliphatic rings. The van der Waals surface area contributed by atoms with E-state index < -0.39 is 10.0 Å². The molecular weight excluding hydrogens is 302 g/mol. The molecule has 0 N–H and O–H groups in total. The van der Waals surface area contributed by atoms with E-state index in [0.717, 1.165) is 25.7 Å². The molecule has 0 atom stereocenters. The van der Waals surface area contributed by atoms with Crippen LogP contribution in [0, 0.1) is 5.92 Å². The first kappa shape index (κ1) is 15.6. The Labute approximate surface area is 132 Å². The van der Waals surface area contributed by atoms with E-state index in [1.165, 1.54) is 4.31 Å². The number of rotatable bonds is 3. The maximum absolute atomic E-state index is 12.8. The van der Waals surface area contributed by atoms with Gasteiger partial charge in [-0.2, -0.15) is 4.31 Å². The summed E-state index contributed by atoms with van der Waals surface area (Å²) in [5.41, 5.74) is 0. The van der Waals surface area contributed by atoms with E-state index in [1.54, 1.807) is 25.2 Å². The second kappa shape index (κ2) is 6.08. The molecule has 0 radical (unpaired) electrons. The van der Waals surface area contributed by atoms with Crippen molar-refractivity contribution >= 4 is 10.0 Å². The highest BCUT2D eigenvalue weighted by Crippen LogP contribution is 2.34. The first-order valence-corrected chi connectivity index (χ1v) is 9.30. The lowest BCUT2D eigenvalue weighted by molar-refractivity contribution is 0.171. The molecule has 0 saturated heterocycles. The van der Waals surface area contributed by atoms with Crippen molar-refractivity contribution in [3.05, 3.63) is 18.2 Å². The van der Waals surface area contributed by atoms with Gasteiger partial charge in [-0.1, -0.05) is 6.92 Å². The van der Waals surface area contributed by atoms with Crippen LogP contribution in [0.15, 0.2) is 23.1 Å². The monoisotopic (exact) mass is 325 g/mol. The number of benzene rings is 1. The van der Waals surface area contributed by atoms with Gasteiger partial charge in [0.05, 0.1) is 4.90 Å². The van der Waals surface area contributed by atoms with Crippen LogP contribution in [-0.4, -0.2) is 39.0 Å². The predicted molar refractivity (Wildman–Crippen MR) is 83.8 cm³/mol. The largest absolute Gasteiger partial charge is 0.486 e. The van der Waals surface area contributed by atoms with Crippen LogP contribution in [0.1, 0.15) is 32.6 Å². The third-order valence-corrected chi connectivity index (χ3v) is 6.60. The molecule has 1 heterocycles. The SMILES string of the molecule is CC1CCC(N(C)S(=O)(=O)c2ccc3c(c2)OCCO3)CC1. The van der Waals surface area contributed by atoms with Crippen LogP contribution in [0.4, 0.5) is 0 Å². The standard InChI is InChI=1S/C16H23NO4S/c1-12-3-5-13(6-4-12)17(2)22(18,19)14-7-8-15-16(11-14)21-10-9-20-15/h7-8,11-13H,3-6,9-10H2,1-2H3. The summed E-state index contributed by atoms with van der Waals surface area (Å²) < 4.78 is 38.1. The van der Waals surface area contributed by atoms with Crippen LogP contribution in [0.2, 0.25) is 0 Å². The van der Waals surface area contributed by atoms with Gasteiger partial charge < -0.3 is 9.47 Å². The fourth-order valence-electron chi connectivity index (χ4n) is 3.15. The molecule has 0 amide bonds. The van der Waals surface area contributed by atoms with E-state index in [4.69, 9.17) is 9.47 Å². The highest BCUT2D eigenvalue weighted by molar-refractivity contribution is 7.89. The zero-order valence-electron chi connectivity index (χ0n) is 13.1. The van der Waals surface area contributed by atoms with Gasteiger partial charge in [0, 0.05) is 19.2 Å². The Kier molecular flexibility index (Phi) is 4.32. The lowest BCUT2D eigenvalue weighted by Crippen LogP contribution is -2.39. The number of fused-ring (bicyclic) bond motifs is 1. The van der Waals surface area contributed by atoms with E-state index in [1.807, 2.05) is 0 Å². The Hall–Kier alpha value is -1.27. The second-order valence-corrected chi connectivity index (χ2v) is 8.24. The van der Waals surface area contributed by atoms with Crippen molar-refractivity contribution in [2.24, 2.45) is 5.92 Å². The predicted octanol–water partition coefficient (Wildman–Crippen LogP) is 2.66. The molecule has 1 aliphatic carbocycles. The smallest absolute Gasteiger partial charge is 0.243 e. The van der Waals surface area contributed by atoms with E-state index in [-0.39, 0.29) is 10.9 Å². The summed E-state index contributed by atoms with van der Waals surface area (Å²) in [4.78, 5) is 0.276. The highest BCUT2D eigenvalue weighted by atomic mass is 32.2. The Balaban J connectivity index is 1.83. The Bertz CT molecular complexity index is 636. The Morgan fingerprint density at radius 2 is 1.68 bits per heavy atom. The fraction of sp³-hybridized carbons (Fsp3) is 0.625. The van der Waals surface area contributed by atoms with Gasteiger partial charge in [-0.25, -0.2) is 8.42 Å². The van der Waals surface area contributed by atoms with Crippen LogP contribution in [0.3, 0.4) is 0 Å². The molecule has 1 aromatic carbocycles. The first-order chi connectivity index (χ1) is 10.5. The third-order valence-electron chi connectivity index (χ3n) is 4.69. The molecule has 0 spiro atoms. The molecule has 22 heavy (non-hydrogen) atoms. The van der Waals surface area contributed by atoms with Gasteiger partial charge in [0.15, 0.2) is 11.5 Å².